The average molecular weight is 446 g/mol. The van der Waals surface area contributed by atoms with Crippen LogP contribution in [0.5, 0.6) is 0 Å². The molecule has 0 unspecified atom stereocenters. The summed E-state index contributed by atoms with van der Waals surface area (Å²) in [5.74, 6) is 2.08. The van der Waals surface area contributed by atoms with Gasteiger partial charge in [-0.2, -0.15) is 19.5 Å². The number of nitrogen functional groups attached to an aromatic ring is 1. The number of nitrogens with zero attached hydrogens (tertiary/aromatic N) is 8. The van der Waals surface area contributed by atoms with Crippen LogP contribution in [0.1, 0.15) is 5.56 Å². The zero-order chi connectivity index (χ0) is 20.7. The van der Waals surface area contributed by atoms with Crippen LogP contribution in [0.15, 0.2) is 35.2 Å². The van der Waals surface area contributed by atoms with E-state index >= 15 is 0 Å². The fraction of sp³-hybridized carbons (Fsp3) is 0.278. The van der Waals surface area contributed by atoms with Crippen molar-refractivity contribution in [3.05, 3.63) is 46.4 Å². The maximum Gasteiger partial charge on any atom is 0.259 e. The molecular weight excluding hydrogens is 429 g/mol. The Balaban J connectivity index is 1.32. The maximum atomic E-state index is 6.25. The van der Waals surface area contributed by atoms with Crippen molar-refractivity contribution >= 4 is 40.9 Å². The van der Waals surface area contributed by atoms with Gasteiger partial charge < -0.3 is 15.1 Å². The monoisotopic (exact) mass is 445 g/mol. The van der Waals surface area contributed by atoms with Gasteiger partial charge in [0.15, 0.2) is 5.76 Å². The van der Waals surface area contributed by atoms with Crippen LogP contribution in [-0.2, 0) is 6.54 Å². The fourth-order valence-corrected chi connectivity index (χ4v) is 3.85. The Bertz CT molecular complexity index is 1170. The van der Waals surface area contributed by atoms with E-state index in [2.05, 4.69) is 34.8 Å². The van der Waals surface area contributed by atoms with Crippen molar-refractivity contribution in [2.45, 2.75) is 6.54 Å². The number of hydrogen-bond acceptors (Lipinski definition) is 9. The van der Waals surface area contributed by atoms with E-state index < -0.39 is 0 Å². The SMILES string of the molecule is Nc1nc(N2CCN(Cc3c(Cl)cncc3Cl)CC2)nc2nc(-c3ccco3)nn12. The first-order valence-electron chi connectivity index (χ1n) is 9.28. The summed E-state index contributed by atoms with van der Waals surface area (Å²) in [5.41, 5.74) is 6.99. The Morgan fingerprint density at radius 2 is 1.80 bits per heavy atom. The molecule has 0 aromatic carbocycles. The van der Waals surface area contributed by atoms with Crippen molar-refractivity contribution in [1.29, 1.82) is 0 Å². The molecule has 4 aromatic heterocycles. The molecule has 2 N–H and O–H groups in total. The lowest BCUT2D eigenvalue weighted by Gasteiger charge is -2.34. The molecule has 1 aliphatic heterocycles. The highest BCUT2D eigenvalue weighted by Crippen LogP contribution is 2.25. The normalized spacial score (nSPS) is 15.2. The van der Waals surface area contributed by atoms with E-state index in [-0.39, 0.29) is 5.95 Å². The number of furan rings is 1. The van der Waals surface area contributed by atoms with E-state index in [0.717, 1.165) is 31.7 Å². The topological polar surface area (TPSA) is 114 Å². The van der Waals surface area contributed by atoms with Gasteiger partial charge >= 0.3 is 0 Å². The molecule has 1 saturated heterocycles. The second-order valence-corrected chi connectivity index (χ2v) is 7.67. The first-order valence-corrected chi connectivity index (χ1v) is 10.0. The standard InChI is InChI=1S/C18H17Cl2N9O/c19-12-8-22-9-13(20)11(12)10-27-3-5-28(6-4-27)17-24-16(21)29-18(25-17)23-15(26-29)14-2-1-7-30-14/h1-2,7-9H,3-6,10H2,(H2,21,23,24,25,26). The molecule has 0 bridgehead atoms. The highest BCUT2D eigenvalue weighted by atomic mass is 35.5. The fourth-order valence-electron chi connectivity index (χ4n) is 3.36. The Morgan fingerprint density at radius 1 is 1.03 bits per heavy atom. The van der Waals surface area contributed by atoms with Crippen LogP contribution in [0.25, 0.3) is 17.4 Å². The predicted octanol–water partition coefficient (Wildman–Crippen LogP) is 2.39. The summed E-state index contributed by atoms with van der Waals surface area (Å²) in [6, 6.07) is 3.55. The number of piperazine rings is 1. The van der Waals surface area contributed by atoms with Gasteiger partial charge in [-0.05, 0) is 12.1 Å². The molecule has 4 aromatic rings. The number of rotatable bonds is 4. The van der Waals surface area contributed by atoms with Gasteiger partial charge in [0, 0.05) is 50.7 Å². The summed E-state index contributed by atoms with van der Waals surface area (Å²) >= 11 is 12.5. The summed E-state index contributed by atoms with van der Waals surface area (Å²) < 4.78 is 6.75. The first-order chi connectivity index (χ1) is 14.6. The summed E-state index contributed by atoms with van der Waals surface area (Å²) in [5, 5.41) is 5.47. The van der Waals surface area contributed by atoms with Crippen LogP contribution in [-0.4, -0.2) is 60.6 Å². The van der Waals surface area contributed by atoms with Gasteiger partial charge in [-0.3, -0.25) is 9.88 Å². The van der Waals surface area contributed by atoms with Crippen LogP contribution in [0.2, 0.25) is 10.0 Å². The Labute approximate surface area is 181 Å². The highest BCUT2D eigenvalue weighted by Gasteiger charge is 2.23. The van der Waals surface area contributed by atoms with Gasteiger partial charge in [0.2, 0.25) is 17.7 Å². The number of anilines is 2. The minimum atomic E-state index is 0.220. The summed E-state index contributed by atoms with van der Waals surface area (Å²) in [6.45, 7) is 3.72. The molecule has 0 atom stereocenters. The predicted molar refractivity (Wildman–Crippen MR) is 112 cm³/mol. The second kappa shape index (κ2) is 7.71. The lowest BCUT2D eigenvalue weighted by atomic mass is 10.2. The molecular formula is C18H17Cl2N9O. The Hall–Kier alpha value is -2.95. The van der Waals surface area contributed by atoms with Crippen molar-refractivity contribution in [3.63, 3.8) is 0 Å². The summed E-state index contributed by atoms with van der Waals surface area (Å²) in [4.78, 5) is 21.7. The molecule has 0 aliphatic carbocycles. The number of hydrogen-bond donors (Lipinski definition) is 1. The average Bonchev–Trinajstić information content (AvgIpc) is 3.41. The molecule has 0 radical (unpaired) electrons. The lowest BCUT2D eigenvalue weighted by Crippen LogP contribution is -2.46. The summed E-state index contributed by atoms with van der Waals surface area (Å²) in [7, 11) is 0. The van der Waals surface area contributed by atoms with Crippen molar-refractivity contribution < 1.29 is 4.42 Å². The van der Waals surface area contributed by atoms with Gasteiger partial charge in [-0.1, -0.05) is 23.2 Å². The van der Waals surface area contributed by atoms with Gasteiger partial charge in [-0.15, -0.1) is 5.10 Å². The third-order valence-electron chi connectivity index (χ3n) is 4.95. The van der Waals surface area contributed by atoms with Crippen molar-refractivity contribution in [3.8, 4) is 11.6 Å². The van der Waals surface area contributed by atoms with Gasteiger partial charge in [-0.25, -0.2) is 0 Å². The van der Waals surface area contributed by atoms with E-state index in [0.29, 0.717) is 39.9 Å². The molecule has 5 heterocycles. The largest absolute Gasteiger partial charge is 0.461 e. The number of fused-ring (bicyclic) bond motifs is 1. The molecule has 30 heavy (non-hydrogen) atoms. The molecule has 5 rings (SSSR count). The van der Waals surface area contributed by atoms with E-state index in [1.165, 1.54) is 4.52 Å². The minimum absolute atomic E-state index is 0.220. The molecule has 0 saturated carbocycles. The molecule has 0 amide bonds. The Morgan fingerprint density at radius 3 is 2.50 bits per heavy atom. The third-order valence-corrected chi connectivity index (χ3v) is 5.60. The van der Waals surface area contributed by atoms with Crippen molar-refractivity contribution in [1.82, 2.24) is 34.4 Å². The number of nitrogens with two attached hydrogens (primary N) is 1. The molecule has 0 spiro atoms. The number of pyridine rings is 1. The van der Waals surface area contributed by atoms with Crippen LogP contribution in [0.4, 0.5) is 11.9 Å². The first kappa shape index (κ1) is 19.0. The van der Waals surface area contributed by atoms with Crippen LogP contribution in [0.3, 0.4) is 0 Å². The quantitative estimate of drug-likeness (QED) is 0.505. The highest BCUT2D eigenvalue weighted by molar-refractivity contribution is 6.35. The van der Waals surface area contributed by atoms with Gasteiger partial charge in [0.1, 0.15) is 0 Å². The molecule has 1 fully saturated rings. The van der Waals surface area contributed by atoms with E-state index in [4.69, 9.17) is 33.4 Å². The Kier molecular flexibility index (Phi) is 4.89. The smallest absolute Gasteiger partial charge is 0.259 e. The minimum Gasteiger partial charge on any atom is -0.461 e. The zero-order valence-corrected chi connectivity index (χ0v) is 17.3. The van der Waals surface area contributed by atoms with E-state index in [1.54, 1.807) is 30.8 Å². The third kappa shape index (κ3) is 3.53. The lowest BCUT2D eigenvalue weighted by molar-refractivity contribution is 0.249. The maximum absolute atomic E-state index is 6.25. The zero-order valence-electron chi connectivity index (χ0n) is 15.7. The molecule has 154 valence electrons. The second-order valence-electron chi connectivity index (χ2n) is 6.85. The van der Waals surface area contributed by atoms with Crippen molar-refractivity contribution in [2.24, 2.45) is 0 Å². The molecule has 12 heteroatoms. The van der Waals surface area contributed by atoms with E-state index in [1.807, 2.05) is 0 Å². The molecule has 1 aliphatic rings. The number of aromatic nitrogens is 6. The van der Waals surface area contributed by atoms with Gasteiger partial charge in [0.05, 0.1) is 16.3 Å². The van der Waals surface area contributed by atoms with Crippen LogP contribution >= 0.6 is 23.2 Å². The number of halogens is 2. The van der Waals surface area contributed by atoms with Gasteiger partial charge in [0.25, 0.3) is 5.78 Å². The van der Waals surface area contributed by atoms with Crippen LogP contribution < -0.4 is 10.6 Å². The van der Waals surface area contributed by atoms with Crippen LogP contribution in [0, 0.1) is 0 Å². The van der Waals surface area contributed by atoms with Crippen molar-refractivity contribution in [2.75, 3.05) is 36.8 Å². The molecule has 10 nitrogen and oxygen atoms in total. The van der Waals surface area contributed by atoms with E-state index in [9.17, 15) is 0 Å². The summed E-state index contributed by atoms with van der Waals surface area (Å²) in [6.07, 6.45) is 4.79.